The molecule has 0 amide bonds. The van der Waals surface area contributed by atoms with E-state index in [4.69, 9.17) is 0 Å². The molecule has 0 saturated heterocycles. The van der Waals surface area contributed by atoms with Gasteiger partial charge in [0.2, 0.25) is 0 Å². The maximum atomic E-state index is 9.42. The Morgan fingerprint density at radius 1 is 1.42 bits per heavy atom. The van der Waals surface area contributed by atoms with Crippen molar-refractivity contribution in [1.29, 1.82) is 0 Å². The number of phenols is 2. The Hall–Kier alpha value is -0.700. The second-order valence-electron chi connectivity index (χ2n) is 2.59. The molecule has 0 aliphatic carbocycles. The van der Waals surface area contributed by atoms with Crippen LogP contribution in [0.2, 0.25) is 0 Å². The van der Waals surface area contributed by atoms with Crippen LogP contribution in [0.4, 0.5) is 0 Å². The predicted octanol–water partition coefficient (Wildman–Crippen LogP) is 2.94. The number of halogens is 1. The van der Waals surface area contributed by atoms with Gasteiger partial charge in [-0.05, 0) is 12.5 Å². The van der Waals surface area contributed by atoms with Crippen molar-refractivity contribution in [2.45, 2.75) is 18.2 Å². The largest absolute Gasteiger partial charge is 0.504 e. The predicted molar refractivity (Wildman–Crippen MR) is 51.7 cm³/mol. The fourth-order valence-electron chi connectivity index (χ4n) is 1.02. The smallest absolute Gasteiger partial charge is 0.161 e. The highest BCUT2D eigenvalue weighted by molar-refractivity contribution is 9.09. The Balaban J connectivity index is 3.07. The van der Waals surface area contributed by atoms with Crippen molar-refractivity contribution in [3.63, 3.8) is 0 Å². The summed E-state index contributed by atoms with van der Waals surface area (Å²) in [6.07, 6.45) is 0.872. The molecule has 1 aromatic rings. The zero-order chi connectivity index (χ0) is 9.14. The fraction of sp³-hybridized carbons (Fsp3) is 0.333. The Labute approximate surface area is 80.0 Å². The summed E-state index contributed by atoms with van der Waals surface area (Å²) in [5.74, 6) is -0.0911. The Morgan fingerprint density at radius 2 is 2.08 bits per heavy atom. The second kappa shape index (κ2) is 3.81. The first kappa shape index (κ1) is 9.39. The maximum absolute atomic E-state index is 9.42. The van der Waals surface area contributed by atoms with Gasteiger partial charge in [-0.2, -0.15) is 0 Å². The summed E-state index contributed by atoms with van der Waals surface area (Å²) in [5.41, 5.74) is 0.734. The van der Waals surface area contributed by atoms with Crippen LogP contribution in [0.5, 0.6) is 11.5 Å². The van der Waals surface area contributed by atoms with Crippen LogP contribution in [0.15, 0.2) is 18.2 Å². The molecule has 3 heteroatoms. The van der Waals surface area contributed by atoms with Crippen molar-refractivity contribution < 1.29 is 10.2 Å². The van der Waals surface area contributed by atoms with Gasteiger partial charge in [0.1, 0.15) is 0 Å². The Kier molecular flexibility index (Phi) is 2.98. The Morgan fingerprint density at radius 3 is 2.67 bits per heavy atom. The molecule has 0 saturated carbocycles. The van der Waals surface area contributed by atoms with Crippen molar-refractivity contribution >= 4 is 15.9 Å². The molecule has 0 aliphatic rings. The minimum atomic E-state index is -0.0644. The first-order valence-corrected chi connectivity index (χ1v) is 4.73. The molecule has 0 aromatic heterocycles. The minimum absolute atomic E-state index is 0.0266. The van der Waals surface area contributed by atoms with Crippen LogP contribution >= 0.6 is 15.9 Å². The third kappa shape index (κ3) is 1.72. The number of rotatable bonds is 2. The molecule has 1 rings (SSSR count). The van der Waals surface area contributed by atoms with Crippen LogP contribution in [0.3, 0.4) is 0 Å². The topological polar surface area (TPSA) is 40.5 Å². The molecule has 1 unspecified atom stereocenters. The number of para-hydroxylation sites is 1. The van der Waals surface area contributed by atoms with E-state index in [1.54, 1.807) is 12.1 Å². The lowest BCUT2D eigenvalue weighted by molar-refractivity contribution is 0.399. The molecule has 1 aromatic carbocycles. The van der Waals surface area contributed by atoms with Gasteiger partial charge < -0.3 is 10.2 Å². The molecule has 66 valence electrons. The number of aromatic hydroxyl groups is 2. The summed E-state index contributed by atoms with van der Waals surface area (Å²) in [7, 11) is 0. The zero-order valence-electron chi connectivity index (χ0n) is 6.79. The standard InChI is InChI=1S/C9H11BrO2/c1-2-7(10)6-4-3-5-8(11)9(6)12/h3-5,7,11-12H,2H2,1H3. The SMILES string of the molecule is CCC(Br)c1cccc(O)c1O. The average Bonchev–Trinajstić information content (AvgIpc) is 2.08. The van der Waals surface area contributed by atoms with Crippen molar-refractivity contribution in [2.75, 3.05) is 0 Å². The first-order valence-electron chi connectivity index (χ1n) is 3.81. The van der Waals surface area contributed by atoms with E-state index in [0.29, 0.717) is 0 Å². The lowest BCUT2D eigenvalue weighted by Gasteiger charge is -2.09. The highest BCUT2D eigenvalue weighted by atomic mass is 79.9. The van der Waals surface area contributed by atoms with E-state index in [-0.39, 0.29) is 16.3 Å². The van der Waals surface area contributed by atoms with Crippen LogP contribution in [0.1, 0.15) is 23.7 Å². The third-order valence-corrected chi connectivity index (χ3v) is 2.88. The molecule has 0 fully saturated rings. The molecule has 1 atom stereocenters. The highest BCUT2D eigenvalue weighted by Gasteiger charge is 2.11. The van der Waals surface area contributed by atoms with Crippen LogP contribution in [-0.4, -0.2) is 10.2 Å². The number of hydrogen-bond acceptors (Lipinski definition) is 2. The molecular weight excluding hydrogens is 220 g/mol. The molecule has 0 spiro atoms. The maximum Gasteiger partial charge on any atom is 0.161 e. The monoisotopic (exact) mass is 230 g/mol. The average molecular weight is 231 g/mol. The number of alkyl halides is 1. The molecule has 0 radical (unpaired) electrons. The first-order chi connectivity index (χ1) is 5.66. The van der Waals surface area contributed by atoms with Crippen LogP contribution < -0.4 is 0 Å². The van der Waals surface area contributed by atoms with Gasteiger partial charge in [-0.1, -0.05) is 35.0 Å². The van der Waals surface area contributed by atoms with Gasteiger partial charge in [0.25, 0.3) is 0 Å². The summed E-state index contributed by atoms with van der Waals surface area (Å²) in [6.45, 7) is 2.00. The van der Waals surface area contributed by atoms with Crippen LogP contribution in [-0.2, 0) is 0 Å². The van der Waals surface area contributed by atoms with Crippen LogP contribution in [0.25, 0.3) is 0 Å². The fourth-order valence-corrected chi connectivity index (χ4v) is 1.39. The van der Waals surface area contributed by atoms with E-state index in [1.807, 2.05) is 6.92 Å². The number of benzene rings is 1. The Bertz CT molecular complexity index is 273. The van der Waals surface area contributed by atoms with Gasteiger partial charge in [-0.15, -0.1) is 0 Å². The van der Waals surface area contributed by atoms with E-state index < -0.39 is 0 Å². The summed E-state index contributed by atoms with van der Waals surface area (Å²) < 4.78 is 0. The van der Waals surface area contributed by atoms with E-state index >= 15 is 0 Å². The number of phenolic OH excluding ortho intramolecular Hbond substituents is 2. The lowest BCUT2D eigenvalue weighted by Crippen LogP contribution is -1.87. The summed E-state index contributed by atoms with van der Waals surface area (Å²) >= 11 is 3.40. The van der Waals surface area contributed by atoms with Gasteiger partial charge in [-0.25, -0.2) is 0 Å². The van der Waals surface area contributed by atoms with E-state index in [9.17, 15) is 10.2 Å². The normalized spacial score (nSPS) is 12.8. The van der Waals surface area contributed by atoms with Crippen molar-refractivity contribution in [2.24, 2.45) is 0 Å². The molecule has 2 nitrogen and oxygen atoms in total. The second-order valence-corrected chi connectivity index (χ2v) is 3.70. The number of hydrogen-bond donors (Lipinski definition) is 2. The third-order valence-electron chi connectivity index (χ3n) is 1.74. The van der Waals surface area contributed by atoms with Gasteiger partial charge in [-0.3, -0.25) is 0 Å². The van der Waals surface area contributed by atoms with Crippen molar-refractivity contribution in [1.82, 2.24) is 0 Å². The molecule has 0 bridgehead atoms. The molecule has 2 N–H and O–H groups in total. The summed E-state index contributed by atoms with van der Waals surface area (Å²) in [5, 5.41) is 18.6. The highest BCUT2D eigenvalue weighted by Crippen LogP contribution is 2.37. The van der Waals surface area contributed by atoms with Gasteiger partial charge in [0.15, 0.2) is 11.5 Å². The van der Waals surface area contributed by atoms with E-state index in [1.165, 1.54) is 6.07 Å². The summed E-state index contributed by atoms with van der Waals surface area (Å²) in [4.78, 5) is 0.101. The van der Waals surface area contributed by atoms with E-state index in [2.05, 4.69) is 15.9 Å². The molecule has 0 aliphatic heterocycles. The molecule has 12 heavy (non-hydrogen) atoms. The quantitative estimate of drug-likeness (QED) is 0.606. The van der Waals surface area contributed by atoms with Gasteiger partial charge >= 0.3 is 0 Å². The van der Waals surface area contributed by atoms with Crippen molar-refractivity contribution in [3.8, 4) is 11.5 Å². The van der Waals surface area contributed by atoms with Crippen molar-refractivity contribution in [3.05, 3.63) is 23.8 Å². The zero-order valence-corrected chi connectivity index (χ0v) is 8.37. The van der Waals surface area contributed by atoms with Crippen LogP contribution in [0, 0.1) is 0 Å². The van der Waals surface area contributed by atoms with Gasteiger partial charge in [0.05, 0.1) is 0 Å². The lowest BCUT2D eigenvalue weighted by atomic mass is 10.1. The minimum Gasteiger partial charge on any atom is -0.504 e. The van der Waals surface area contributed by atoms with Gasteiger partial charge in [0, 0.05) is 10.4 Å². The molecular formula is C9H11BrO2. The molecule has 0 heterocycles. The summed E-state index contributed by atoms with van der Waals surface area (Å²) in [6, 6.07) is 4.97. The van der Waals surface area contributed by atoms with E-state index in [0.717, 1.165) is 12.0 Å².